The van der Waals surface area contributed by atoms with Crippen molar-refractivity contribution in [3.63, 3.8) is 0 Å². The lowest BCUT2D eigenvalue weighted by atomic mass is 10.0. The highest BCUT2D eigenvalue weighted by atomic mass is 127. The average molecular weight is 547 g/mol. The second kappa shape index (κ2) is 9.55. The number of amides is 5. The molecule has 2 aromatic carbocycles. The number of para-hydroxylation sites is 1. The van der Waals surface area contributed by atoms with Gasteiger partial charge < -0.3 is 20.9 Å². The molecule has 9 nitrogen and oxygen atoms in total. The fourth-order valence-electron chi connectivity index (χ4n) is 3.81. The van der Waals surface area contributed by atoms with E-state index in [1.807, 2.05) is 36.4 Å². The molecule has 1 unspecified atom stereocenters. The van der Waals surface area contributed by atoms with Gasteiger partial charge in [-0.3, -0.25) is 19.7 Å². The molecule has 2 aliphatic rings. The molecule has 0 bridgehead atoms. The zero-order valence-electron chi connectivity index (χ0n) is 17.1. The van der Waals surface area contributed by atoms with Crippen molar-refractivity contribution in [3.8, 4) is 0 Å². The van der Waals surface area contributed by atoms with E-state index in [0.29, 0.717) is 31.6 Å². The van der Waals surface area contributed by atoms with Crippen LogP contribution in [0.4, 0.5) is 16.2 Å². The van der Waals surface area contributed by atoms with E-state index < -0.39 is 11.9 Å². The highest BCUT2D eigenvalue weighted by Gasteiger charge is 2.40. The molecule has 2 aromatic rings. The van der Waals surface area contributed by atoms with Crippen molar-refractivity contribution in [2.45, 2.75) is 25.4 Å². The van der Waals surface area contributed by atoms with Gasteiger partial charge in [0.1, 0.15) is 6.04 Å². The molecule has 1 fully saturated rings. The minimum atomic E-state index is -0.632. The van der Waals surface area contributed by atoms with E-state index >= 15 is 0 Å². The Kier molecular flexibility index (Phi) is 6.58. The zero-order chi connectivity index (χ0) is 22.7. The first-order valence-electron chi connectivity index (χ1n) is 10.2. The summed E-state index contributed by atoms with van der Waals surface area (Å²) in [6.45, 7) is 1.24. The Morgan fingerprint density at radius 3 is 2.62 bits per heavy atom. The number of anilines is 2. The number of benzene rings is 2. The number of rotatable bonds is 6. The van der Waals surface area contributed by atoms with Crippen molar-refractivity contribution in [2.24, 2.45) is 0 Å². The summed E-state index contributed by atoms with van der Waals surface area (Å²) < 4.78 is 0.900. The van der Waals surface area contributed by atoms with Gasteiger partial charge in [0.25, 0.3) is 5.91 Å². The first kappa shape index (κ1) is 22.1. The Hall–Kier alpha value is -3.15. The van der Waals surface area contributed by atoms with Gasteiger partial charge in [-0.1, -0.05) is 18.2 Å². The Balaban J connectivity index is 1.33. The van der Waals surface area contributed by atoms with Crippen LogP contribution in [0.5, 0.6) is 0 Å². The first-order valence-corrected chi connectivity index (χ1v) is 11.3. The summed E-state index contributed by atoms with van der Waals surface area (Å²) in [6.07, 6.45) is 0.564. The molecule has 4 rings (SSSR count). The summed E-state index contributed by atoms with van der Waals surface area (Å²) in [7, 11) is 0. The Bertz CT molecular complexity index is 1080. The number of carbonyl (C=O) groups is 4. The molecule has 1 saturated heterocycles. The summed E-state index contributed by atoms with van der Waals surface area (Å²) in [4.78, 5) is 50.0. The van der Waals surface area contributed by atoms with Gasteiger partial charge in [0.05, 0.1) is 0 Å². The van der Waals surface area contributed by atoms with Crippen LogP contribution >= 0.6 is 22.6 Å². The minimum absolute atomic E-state index is 0.196. The van der Waals surface area contributed by atoms with Gasteiger partial charge in [-0.2, -0.15) is 0 Å². The van der Waals surface area contributed by atoms with Crippen LogP contribution in [0.3, 0.4) is 0 Å². The predicted molar refractivity (Wildman–Crippen MR) is 127 cm³/mol. The van der Waals surface area contributed by atoms with Crippen molar-refractivity contribution in [2.75, 3.05) is 23.7 Å². The Labute approximate surface area is 198 Å². The molecule has 166 valence electrons. The molecule has 2 aliphatic heterocycles. The SMILES string of the molecule is O=C1CCC(N2Cc3c(ccc(NCCNC(=O)Nc4ccccc4)c3I)C2=O)C(=O)N1. The fourth-order valence-corrected chi connectivity index (χ4v) is 4.64. The normalized spacial score (nSPS) is 17.6. The van der Waals surface area contributed by atoms with Crippen LogP contribution in [0.2, 0.25) is 0 Å². The summed E-state index contributed by atoms with van der Waals surface area (Å²) in [5.41, 5.74) is 3.01. The molecule has 32 heavy (non-hydrogen) atoms. The van der Waals surface area contributed by atoms with Crippen LogP contribution in [0.25, 0.3) is 0 Å². The third-order valence-corrected chi connectivity index (χ3v) is 6.64. The van der Waals surface area contributed by atoms with Crippen molar-refractivity contribution in [1.29, 1.82) is 0 Å². The summed E-state index contributed by atoms with van der Waals surface area (Å²) >= 11 is 2.19. The van der Waals surface area contributed by atoms with E-state index in [4.69, 9.17) is 0 Å². The van der Waals surface area contributed by atoms with E-state index in [1.165, 1.54) is 4.90 Å². The van der Waals surface area contributed by atoms with E-state index in [-0.39, 0.29) is 24.3 Å². The van der Waals surface area contributed by atoms with E-state index in [1.54, 1.807) is 6.07 Å². The van der Waals surface area contributed by atoms with Gasteiger partial charge in [0, 0.05) is 46.6 Å². The fraction of sp³-hybridized carbons (Fsp3) is 0.273. The van der Waals surface area contributed by atoms with Gasteiger partial charge in [0.15, 0.2) is 0 Å². The summed E-state index contributed by atoms with van der Waals surface area (Å²) in [5.74, 6) is -0.920. The number of imide groups is 1. The van der Waals surface area contributed by atoms with Gasteiger partial charge in [0.2, 0.25) is 11.8 Å². The number of nitrogens with one attached hydrogen (secondary N) is 4. The Morgan fingerprint density at radius 2 is 1.88 bits per heavy atom. The number of fused-ring (bicyclic) bond motifs is 1. The lowest BCUT2D eigenvalue weighted by Crippen LogP contribution is -2.52. The van der Waals surface area contributed by atoms with Crippen molar-refractivity contribution in [1.82, 2.24) is 15.5 Å². The molecule has 4 N–H and O–H groups in total. The number of hydrogen-bond donors (Lipinski definition) is 4. The number of urea groups is 1. The topological polar surface area (TPSA) is 120 Å². The number of halogens is 1. The molecule has 5 amide bonds. The van der Waals surface area contributed by atoms with Gasteiger partial charge >= 0.3 is 6.03 Å². The molecule has 0 aromatic heterocycles. The molecule has 2 heterocycles. The van der Waals surface area contributed by atoms with E-state index in [0.717, 1.165) is 20.5 Å². The van der Waals surface area contributed by atoms with Crippen LogP contribution in [0.15, 0.2) is 42.5 Å². The second-order valence-corrected chi connectivity index (χ2v) is 8.61. The second-order valence-electron chi connectivity index (χ2n) is 7.53. The van der Waals surface area contributed by atoms with Crippen LogP contribution in [0, 0.1) is 3.57 Å². The smallest absolute Gasteiger partial charge is 0.319 e. The number of piperidine rings is 1. The van der Waals surface area contributed by atoms with Gasteiger partial charge in [-0.25, -0.2) is 4.79 Å². The standard InChI is InChI=1S/C22H22IN5O4/c23-19-15-12-28(17-8-9-18(29)27-20(17)30)21(31)14(15)6-7-16(19)24-10-11-25-22(32)26-13-4-2-1-3-5-13/h1-7,17,24H,8-12H2,(H2,25,26,32)(H,27,29,30). The largest absolute Gasteiger partial charge is 0.382 e. The van der Waals surface area contributed by atoms with E-state index in [2.05, 4.69) is 43.9 Å². The maximum Gasteiger partial charge on any atom is 0.319 e. The van der Waals surface area contributed by atoms with Crippen molar-refractivity contribution in [3.05, 3.63) is 57.2 Å². The van der Waals surface area contributed by atoms with Gasteiger partial charge in [-0.15, -0.1) is 0 Å². The molecular weight excluding hydrogens is 525 g/mol. The summed E-state index contributed by atoms with van der Waals surface area (Å²) in [6, 6.07) is 11.9. The van der Waals surface area contributed by atoms with Crippen LogP contribution in [-0.2, 0) is 16.1 Å². The first-order chi connectivity index (χ1) is 15.4. The molecule has 10 heteroatoms. The summed E-state index contributed by atoms with van der Waals surface area (Å²) in [5, 5.41) is 11.1. The van der Waals surface area contributed by atoms with Crippen LogP contribution < -0.4 is 21.3 Å². The maximum absolute atomic E-state index is 12.9. The lowest BCUT2D eigenvalue weighted by Gasteiger charge is -2.29. The number of carbonyl (C=O) groups excluding carboxylic acids is 4. The van der Waals surface area contributed by atoms with Crippen LogP contribution in [-0.4, -0.2) is 47.8 Å². The van der Waals surface area contributed by atoms with Crippen LogP contribution in [0.1, 0.15) is 28.8 Å². The maximum atomic E-state index is 12.9. The average Bonchev–Trinajstić information content (AvgIpc) is 3.10. The van der Waals surface area contributed by atoms with Gasteiger partial charge in [-0.05, 0) is 58.8 Å². The predicted octanol–water partition coefficient (Wildman–Crippen LogP) is 2.29. The zero-order valence-corrected chi connectivity index (χ0v) is 19.3. The third-order valence-electron chi connectivity index (χ3n) is 5.41. The highest BCUT2D eigenvalue weighted by molar-refractivity contribution is 14.1. The molecule has 0 radical (unpaired) electrons. The molecule has 1 atom stereocenters. The third kappa shape index (κ3) is 4.69. The number of nitrogens with zero attached hydrogens (tertiary/aromatic N) is 1. The quantitative estimate of drug-likeness (QED) is 0.252. The molecule has 0 spiro atoms. The lowest BCUT2D eigenvalue weighted by molar-refractivity contribution is -0.136. The van der Waals surface area contributed by atoms with E-state index in [9.17, 15) is 19.2 Å². The molecule has 0 aliphatic carbocycles. The molecule has 0 saturated carbocycles. The monoisotopic (exact) mass is 547 g/mol. The Morgan fingerprint density at radius 1 is 1.09 bits per heavy atom. The number of hydrogen-bond acceptors (Lipinski definition) is 5. The highest BCUT2D eigenvalue weighted by Crippen LogP contribution is 2.34. The van der Waals surface area contributed by atoms with Crippen molar-refractivity contribution < 1.29 is 19.2 Å². The minimum Gasteiger partial charge on any atom is -0.382 e. The van der Waals surface area contributed by atoms with Crippen molar-refractivity contribution >= 4 is 57.7 Å². The molecular formula is C22H22IN5O4.